The second-order valence-corrected chi connectivity index (χ2v) is 36.2. The molecular formula is C93H127N21O23S. The zero-order valence-corrected chi connectivity index (χ0v) is 78.9. The van der Waals surface area contributed by atoms with Crippen LogP contribution in [0.15, 0.2) is 97.7 Å². The minimum absolute atomic E-state index is 0.0278. The van der Waals surface area contributed by atoms with Gasteiger partial charge in [-0.1, -0.05) is 88.1 Å². The Hall–Kier alpha value is -13.9. The molecule has 6 aromatic rings. The lowest BCUT2D eigenvalue weighted by Gasteiger charge is -2.36. The first-order valence-electron chi connectivity index (χ1n) is 46.2. The predicted molar refractivity (Wildman–Crippen MR) is 502 cm³/mol. The average molecular weight is 1940 g/mol. The molecule has 748 valence electrons. The van der Waals surface area contributed by atoms with Gasteiger partial charge in [0.1, 0.15) is 78.3 Å². The molecule has 16 amide bonds. The van der Waals surface area contributed by atoms with E-state index in [0.717, 1.165) is 31.5 Å². The van der Waals surface area contributed by atoms with Crippen LogP contribution in [0.5, 0.6) is 5.75 Å². The number of aliphatic hydroxyl groups is 1. The summed E-state index contributed by atoms with van der Waals surface area (Å²) in [7, 11) is 3.82. The van der Waals surface area contributed by atoms with Gasteiger partial charge in [-0.05, 0) is 119 Å². The highest BCUT2D eigenvalue weighted by Gasteiger charge is 2.47. The van der Waals surface area contributed by atoms with E-state index in [2.05, 4.69) is 67.8 Å². The van der Waals surface area contributed by atoms with Gasteiger partial charge in [-0.25, -0.2) is 4.98 Å². The number of aromatic amines is 3. The number of aliphatic hydroxyl groups excluding tert-OH is 1. The first-order valence-corrected chi connectivity index (χ1v) is 47.4. The van der Waals surface area contributed by atoms with E-state index in [1.807, 2.05) is 6.92 Å². The van der Waals surface area contributed by atoms with Gasteiger partial charge in [0.2, 0.25) is 94.5 Å². The maximum atomic E-state index is 15.9. The highest BCUT2D eigenvalue weighted by molar-refractivity contribution is 8.00. The lowest BCUT2D eigenvalue weighted by Crippen LogP contribution is -2.60. The number of carboxylic acids is 2. The molecule has 22 N–H and O–H groups in total. The molecule has 0 aliphatic carbocycles. The minimum Gasteiger partial charge on any atom is -0.508 e. The van der Waals surface area contributed by atoms with Crippen LogP contribution < -0.4 is 65.1 Å². The summed E-state index contributed by atoms with van der Waals surface area (Å²) in [4.78, 5) is 295. The standard InChI is InChI=1S/C93H127N21O23S/c1-7-9-23-71-87(131)104-64(31-33-79(121)122)85(129)109-70(83(127)100-46-77(96)119)48-138-49-78(120)102-67(36-52-26-28-57(115)29-27-52)89(133)110(4)51(3)81(125)107-69(42-80(123)124)92(136)113-35-17-25-72(113)88(132)106-66(40-56-45-97-50-101-56)86(130)105-65(30-32-76(95)118)91(135)114-47-58(116)41-74(114)75(117)39-53(37-54-43-98-61-20-13-11-18-59(54)61)82(126)103-63(22-15-16-34-94)84(128)108-68(38-55-44-99-62-21-14-12-19-60(55)62)90(134)112(6)73(24-10-8-2)93(137)111(71)5/h11-14,18-21,26-29,43-45,50-51,53,58,63-74,98-99,115-116H,7-10,15-17,22-25,30-42,46-49,94H2,1-6H3,(H2,95,118)(H2,96,119)(H,97,101)(H,100,127)(H,102,120)(H,103,126)(H,104,131)(H,105,130)(H,106,132)(H,107,125)(H,108,128)(H,109,129)(H,121,122)(H,123,124)/t51-,53+,58+,63-,64-,65-,66-,67-,68-,69-,70-,71-,72-,73-,74-/m0/s1. The number of aromatic hydroxyl groups is 1. The number of rotatable bonds is 29. The van der Waals surface area contributed by atoms with Crippen molar-refractivity contribution in [2.24, 2.45) is 23.1 Å². The number of imidazole rings is 1. The lowest BCUT2D eigenvalue weighted by molar-refractivity contribution is -0.149. The number of thioether (sulfide) groups is 1. The van der Waals surface area contributed by atoms with Crippen molar-refractivity contribution < 1.29 is 112 Å². The summed E-state index contributed by atoms with van der Waals surface area (Å²) in [6, 6.07) is -1.40. The number of hydrogen-bond donors (Lipinski definition) is 19. The number of benzene rings is 3. The van der Waals surface area contributed by atoms with Gasteiger partial charge in [0.15, 0.2) is 5.78 Å². The molecule has 0 radical (unpaired) electrons. The fourth-order valence-corrected chi connectivity index (χ4v) is 18.1. The molecule has 3 aromatic carbocycles. The molecule has 0 spiro atoms. The fraction of sp³-hybridized carbons (Fsp3) is 0.527. The van der Waals surface area contributed by atoms with Gasteiger partial charge in [-0.15, -0.1) is 11.8 Å². The molecule has 3 aromatic heterocycles. The number of unbranched alkanes of at least 4 members (excludes halogenated alkanes) is 3. The van der Waals surface area contributed by atoms with E-state index in [4.69, 9.17) is 17.2 Å². The number of phenolic OH excluding ortho intramolecular Hbond substituents is 1. The number of phenols is 1. The van der Waals surface area contributed by atoms with Crippen LogP contribution in [-0.2, 0) is 117 Å². The number of carboxylic acid groups (broad SMARTS) is 2. The molecule has 44 nitrogen and oxygen atoms in total. The third kappa shape index (κ3) is 30.3. The highest BCUT2D eigenvalue weighted by Crippen LogP contribution is 2.30. The number of H-pyrrole nitrogens is 3. The van der Waals surface area contributed by atoms with Crippen LogP contribution in [0.3, 0.4) is 0 Å². The second kappa shape index (κ2) is 51.9. The monoisotopic (exact) mass is 1940 g/mol. The molecular weight excluding hydrogens is 1810 g/mol. The van der Waals surface area contributed by atoms with E-state index in [0.29, 0.717) is 75.9 Å². The third-order valence-electron chi connectivity index (χ3n) is 25.0. The Kier molecular flexibility index (Phi) is 40.6. The molecule has 0 saturated carbocycles. The largest absolute Gasteiger partial charge is 0.508 e. The van der Waals surface area contributed by atoms with Crippen molar-refractivity contribution in [2.45, 2.75) is 247 Å². The maximum Gasteiger partial charge on any atom is 0.305 e. The Morgan fingerprint density at radius 2 is 1.09 bits per heavy atom. The van der Waals surface area contributed by atoms with Gasteiger partial charge in [0.05, 0.1) is 42.9 Å². The quantitative estimate of drug-likeness (QED) is 0.0243. The molecule has 138 heavy (non-hydrogen) atoms. The number of nitrogens with one attached hydrogen (secondary N) is 12. The number of primary amides is 2. The Morgan fingerprint density at radius 1 is 0.529 bits per heavy atom. The SMILES string of the molecule is CCCC[C@H]1C(=O)N(C)[C@@H](CCCC)C(=O)N[C@@H](CCC(=O)O)C(=O)N[C@H](C(=O)NCC(N)=O)CSCC(=O)N[C@@H](Cc2ccc(O)cc2)C(=O)N(C)[C@@H](C)C(=O)N[C@@H](CC(=O)O)C(=O)N2CCC[C@H]2C(=O)N[C@@H](Cc2c[nH]cn2)C(=O)N[C@@H](CCC(N)=O)C(=O)N2C[C@H](O)C[C@H]2C(=O)C[C@@H](Cc2c[nH]c3ccccc23)C(=O)N[C@@H](CCCCN)C(=O)N[C@@H](Cc2c[nH]c3ccccc23)C(=O)N1C. The van der Waals surface area contributed by atoms with Crippen molar-refractivity contribution in [3.8, 4) is 5.75 Å². The number of amides is 16. The van der Waals surface area contributed by atoms with Gasteiger partial charge < -0.3 is 125 Å². The number of nitrogens with two attached hydrogens (primary N) is 3. The van der Waals surface area contributed by atoms with E-state index < -0.39 is 279 Å². The van der Waals surface area contributed by atoms with Crippen molar-refractivity contribution >= 4 is 146 Å². The number of carbonyl (C=O) groups excluding carboxylic acids is 17. The van der Waals surface area contributed by atoms with E-state index in [9.17, 15) is 73.2 Å². The average Bonchev–Trinajstić information content (AvgIpc) is 1.69. The van der Waals surface area contributed by atoms with Gasteiger partial charge in [0, 0.05) is 131 Å². The number of hydrogen-bond acceptors (Lipinski definition) is 24. The van der Waals surface area contributed by atoms with Crippen LogP contribution in [-0.4, -0.2) is 321 Å². The first kappa shape index (κ1) is 108. The van der Waals surface area contributed by atoms with Gasteiger partial charge >= 0.3 is 11.9 Å². The van der Waals surface area contributed by atoms with Crippen molar-refractivity contribution in [1.29, 1.82) is 0 Å². The normalized spacial score (nSPS) is 24.5. The summed E-state index contributed by atoms with van der Waals surface area (Å²) < 4.78 is 0. The number of ketones is 1. The van der Waals surface area contributed by atoms with Gasteiger partial charge in [-0.2, -0.15) is 0 Å². The Labute approximate surface area is 800 Å². The van der Waals surface area contributed by atoms with E-state index in [-0.39, 0.29) is 88.7 Å². The molecule has 3 fully saturated rings. The van der Waals surface area contributed by atoms with Crippen molar-refractivity contribution in [1.82, 2.24) is 92.3 Å². The van der Waals surface area contributed by atoms with Crippen molar-refractivity contribution in [3.05, 3.63) is 120 Å². The van der Waals surface area contributed by atoms with E-state index >= 15 is 38.4 Å². The molecule has 3 aliphatic rings. The number of likely N-dealkylation sites (N-methyl/N-ethyl adjacent to an activating group) is 3. The van der Waals surface area contributed by atoms with E-state index in [1.54, 1.807) is 67.8 Å². The van der Waals surface area contributed by atoms with Gasteiger partial charge in [-0.3, -0.25) is 91.1 Å². The molecule has 0 unspecified atom stereocenters. The summed E-state index contributed by atoms with van der Waals surface area (Å²) >= 11 is 0.695. The zero-order chi connectivity index (χ0) is 101. The van der Waals surface area contributed by atoms with Crippen LogP contribution in [0.25, 0.3) is 21.8 Å². The zero-order valence-electron chi connectivity index (χ0n) is 78.1. The number of para-hydroxylation sites is 2. The lowest BCUT2D eigenvalue weighted by atomic mass is 9.90. The number of carbonyl (C=O) groups is 19. The summed E-state index contributed by atoms with van der Waals surface area (Å²) in [6.45, 7) is 3.48. The molecule has 6 heterocycles. The third-order valence-corrected chi connectivity index (χ3v) is 26.0. The van der Waals surface area contributed by atoms with Crippen LogP contribution in [0.1, 0.15) is 159 Å². The number of nitrogens with zero attached hydrogens (tertiary/aromatic N) is 6. The van der Waals surface area contributed by atoms with Crippen LogP contribution >= 0.6 is 11.8 Å². The van der Waals surface area contributed by atoms with E-state index in [1.165, 1.54) is 57.8 Å². The molecule has 3 saturated heterocycles. The molecule has 3 aliphatic heterocycles. The summed E-state index contributed by atoms with van der Waals surface area (Å²) in [6.07, 6.45) is 0.580. The number of aliphatic carboxylic acids is 2. The highest BCUT2D eigenvalue weighted by atomic mass is 32.2. The topological polar surface area (TPSA) is 668 Å². The fourth-order valence-electron chi connectivity index (χ4n) is 17.2. The molecule has 45 heteroatoms. The van der Waals surface area contributed by atoms with Crippen LogP contribution in [0.2, 0.25) is 0 Å². The van der Waals surface area contributed by atoms with Crippen molar-refractivity contribution in [3.63, 3.8) is 0 Å². The van der Waals surface area contributed by atoms with Gasteiger partial charge in [0.25, 0.3) is 0 Å². The Balaban J connectivity index is 1.12. The first-order chi connectivity index (χ1) is 65.8. The summed E-state index contributed by atoms with van der Waals surface area (Å²) in [5.74, 6) is -22.2. The maximum absolute atomic E-state index is 15.9. The Bertz CT molecular complexity index is 5340. The van der Waals surface area contributed by atoms with Crippen molar-refractivity contribution in [2.75, 3.05) is 58.8 Å². The van der Waals surface area contributed by atoms with Crippen LogP contribution in [0, 0.1) is 5.92 Å². The number of aromatic nitrogens is 4. The molecule has 0 bridgehead atoms. The molecule has 15 atom stereocenters. The minimum atomic E-state index is -1.95. The van der Waals surface area contributed by atoms with Crippen LogP contribution in [0.4, 0.5) is 0 Å². The summed E-state index contributed by atoms with van der Waals surface area (Å²) in [5.41, 5.74) is 20.0. The number of Topliss-reactive ketones (excluding diaryl/α,β-unsaturated/α-hetero) is 1. The smallest absolute Gasteiger partial charge is 0.305 e. The summed E-state index contributed by atoms with van der Waals surface area (Å²) in [5, 5.41) is 66.8. The predicted octanol–water partition coefficient (Wildman–Crippen LogP) is -1.28. The molecule has 9 rings (SSSR count). The Morgan fingerprint density at radius 3 is 1.72 bits per heavy atom. The number of fused-ring (bicyclic) bond motifs is 4. The second-order valence-electron chi connectivity index (χ2n) is 35.1.